The van der Waals surface area contributed by atoms with E-state index >= 15 is 0 Å². The summed E-state index contributed by atoms with van der Waals surface area (Å²) in [6, 6.07) is 25.8. The van der Waals surface area contributed by atoms with Gasteiger partial charge in [-0.15, -0.1) is 0 Å². The number of anilines is 5. The first-order valence-electron chi connectivity index (χ1n) is 9.67. The van der Waals surface area contributed by atoms with Crippen molar-refractivity contribution in [3.05, 3.63) is 101 Å². The van der Waals surface area contributed by atoms with Crippen LogP contribution in [0, 0.1) is 6.92 Å². The van der Waals surface area contributed by atoms with E-state index in [0.29, 0.717) is 28.0 Å². The summed E-state index contributed by atoms with van der Waals surface area (Å²) in [5.41, 5.74) is 3.82. The Labute approximate surface area is 185 Å². The molecule has 0 fully saturated rings. The minimum atomic E-state index is -0.198. The zero-order valence-corrected chi connectivity index (χ0v) is 17.5. The second-order valence-electron chi connectivity index (χ2n) is 6.87. The second kappa shape index (κ2) is 9.28. The number of aryl methyl sites for hydroxylation is 1. The summed E-state index contributed by atoms with van der Waals surface area (Å²) in [5, 5.41) is 9.93. The first kappa shape index (κ1) is 20.4. The van der Waals surface area contributed by atoms with Crippen molar-refractivity contribution in [1.82, 2.24) is 9.97 Å². The molecule has 4 rings (SSSR count). The van der Waals surface area contributed by atoms with Crippen LogP contribution < -0.4 is 16.0 Å². The Kier molecular flexibility index (Phi) is 6.10. The highest BCUT2D eigenvalue weighted by Crippen LogP contribution is 2.21. The highest BCUT2D eigenvalue weighted by molar-refractivity contribution is 6.30. The van der Waals surface area contributed by atoms with Crippen molar-refractivity contribution in [2.75, 3.05) is 16.0 Å². The number of rotatable bonds is 6. The quantitative estimate of drug-likeness (QED) is 0.341. The molecule has 0 saturated carbocycles. The summed E-state index contributed by atoms with van der Waals surface area (Å²) < 4.78 is 0. The van der Waals surface area contributed by atoms with E-state index in [1.807, 2.05) is 67.6 Å². The molecule has 0 saturated heterocycles. The average molecular weight is 430 g/mol. The number of para-hydroxylation sites is 1. The van der Waals surface area contributed by atoms with Crippen LogP contribution in [-0.2, 0) is 0 Å². The van der Waals surface area contributed by atoms with Crippen molar-refractivity contribution in [1.29, 1.82) is 0 Å². The summed E-state index contributed by atoms with van der Waals surface area (Å²) in [7, 11) is 0. The topological polar surface area (TPSA) is 78.9 Å². The van der Waals surface area contributed by atoms with Gasteiger partial charge in [-0.25, -0.2) is 4.98 Å². The number of carbonyl (C=O) groups is 1. The standard InChI is InChI=1S/C24H20ClN5O/c1-16-15-22(27-19-5-3-2-4-6-19)30-24(26-16)29-21-13-11-20(12-14-21)28-23(31)17-7-9-18(25)10-8-17/h2-15H,1H3,(H,28,31)(H2,26,27,29,30). The molecule has 154 valence electrons. The fraction of sp³-hybridized carbons (Fsp3) is 0.0417. The molecule has 0 radical (unpaired) electrons. The largest absolute Gasteiger partial charge is 0.340 e. The Bertz CT molecular complexity index is 1180. The molecule has 4 aromatic rings. The number of benzene rings is 3. The van der Waals surface area contributed by atoms with Gasteiger partial charge >= 0.3 is 0 Å². The molecule has 0 bridgehead atoms. The fourth-order valence-corrected chi connectivity index (χ4v) is 3.05. The molecule has 1 heterocycles. The number of hydrogen-bond donors (Lipinski definition) is 3. The lowest BCUT2D eigenvalue weighted by atomic mass is 10.2. The fourth-order valence-electron chi connectivity index (χ4n) is 2.93. The summed E-state index contributed by atoms with van der Waals surface area (Å²) in [6.45, 7) is 1.92. The Morgan fingerprint density at radius 1 is 0.774 bits per heavy atom. The van der Waals surface area contributed by atoms with Crippen LogP contribution in [0.25, 0.3) is 0 Å². The summed E-state index contributed by atoms with van der Waals surface area (Å²) in [4.78, 5) is 21.3. The van der Waals surface area contributed by atoms with Crippen molar-refractivity contribution >= 4 is 46.3 Å². The summed E-state index contributed by atoms with van der Waals surface area (Å²) >= 11 is 5.87. The van der Waals surface area contributed by atoms with Crippen LogP contribution in [-0.4, -0.2) is 15.9 Å². The third kappa shape index (κ3) is 5.58. The zero-order valence-electron chi connectivity index (χ0n) is 16.8. The molecule has 31 heavy (non-hydrogen) atoms. The lowest BCUT2D eigenvalue weighted by Gasteiger charge is -2.11. The van der Waals surface area contributed by atoms with Gasteiger partial charge in [0.1, 0.15) is 5.82 Å². The number of nitrogens with zero attached hydrogens (tertiary/aromatic N) is 2. The van der Waals surface area contributed by atoms with Crippen LogP contribution in [0.1, 0.15) is 16.1 Å². The molecule has 0 aliphatic rings. The molecular formula is C24H20ClN5O. The predicted molar refractivity (Wildman–Crippen MR) is 126 cm³/mol. The molecule has 3 N–H and O–H groups in total. The molecule has 3 aromatic carbocycles. The first-order valence-corrected chi connectivity index (χ1v) is 10.0. The van der Waals surface area contributed by atoms with Gasteiger partial charge in [-0.2, -0.15) is 4.98 Å². The van der Waals surface area contributed by atoms with Crippen LogP contribution in [0.3, 0.4) is 0 Å². The van der Waals surface area contributed by atoms with Gasteiger partial charge in [-0.3, -0.25) is 4.79 Å². The van der Waals surface area contributed by atoms with E-state index in [0.717, 1.165) is 17.1 Å². The highest BCUT2D eigenvalue weighted by atomic mass is 35.5. The number of hydrogen-bond acceptors (Lipinski definition) is 5. The van der Waals surface area contributed by atoms with Gasteiger partial charge in [0.2, 0.25) is 5.95 Å². The highest BCUT2D eigenvalue weighted by Gasteiger charge is 2.07. The molecular weight excluding hydrogens is 410 g/mol. The van der Waals surface area contributed by atoms with E-state index in [2.05, 4.69) is 25.9 Å². The number of aromatic nitrogens is 2. The number of halogens is 1. The van der Waals surface area contributed by atoms with Crippen molar-refractivity contribution in [3.8, 4) is 0 Å². The van der Waals surface area contributed by atoms with Gasteiger partial charge in [0.05, 0.1) is 0 Å². The average Bonchev–Trinajstić information content (AvgIpc) is 2.76. The predicted octanol–water partition coefficient (Wildman–Crippen LogP) is 6.18. The lowest BCUT2D eigenvalue weighted by Crippen LogP contribution is -2.11. The molecule has 0 spiro atoms. The van der Waals surface area contributed by atoms with Crippen LogP contribution >= 0.6 is 11.6 Å². The molecule has 1 aromatic heterocycles. The van der Waals surface area contributed by atoms with Gasteiger partial charge in [0, 0.05) is 39.4 Å². The Morgan fingerprint density at radius 3 is 2.13 bits per heavy atom. The van der Waals surface area contributed by atoms with Gasteiger partial charge in [-0.05, 0) is 67.6 Å². The van der Waals surface area contributed by atoms with E-state index in [1.165, 1.54) is 0 Å². The number of amides is 1. The molecule has 0 aliphatic carbocycles. The van der Waals surface area contributed by atoms with E-state index in [4.69, 9.17) is 11.6 Å². The minimum Gasteiger partial charge on any atom is -0.340 e. The van der Waals surface area contributed by atoms with Crippen molar-refractivity contribution in [2.24, 2.45) is 0 Å². The van der Waals surface area contributed by atoms with Crippen molar-refractivity contribution < 1.29 is 4.79 Å². The van der Waals surface area contributed by atoms with Crippen LogP contribution in [0.5, 0.6) is 0 Å². The molecule has 0 aliphatic heterocycles. The monoisotopic (exact) mass is 429 g/mol. The molecule has 6 nitrogen and oxygen atoms in total. The molecule has 7 heteroatoms. The first-order chi connectivity index (χ1) is 15.0. The number of carbonyl (C=O) groups excluding carboxylic acids is 1. The van der Waals surface area contributed by atoms with E-state index < -0.39 is 0 Å². The van der Waals surface area contributed by atoms with Crippen LogP contribution in [0.2, 0.25) is 5.02 Å². The maximum Gasteiger partial charge on any atom is 0.255 e. The molecule has 0 unspecified atom stereocenters. The maximum atomic E-state index is 12.3. The Balaban J connectivity index is 1.43. The van der Waals surface area contributed by atoms with Gasteiger partial charge < -0.3 is 16.0 Å². The third-order valence-electron chi connectivity index (χ3n) is 4.41. The number of nitrogens with one attached hydrogen (secondary N) is 3. The van der Waals surface area contributed by atoms with E-state index in [-0.39, 0.29) is 5.91 Å². The maximum absolute atomic E-state index is 12.3. The zero-order chi connectivity index (χ0) is 21.6. The van der Waals surface area contributed by atoms with E-state index in [9.17, 15) is 4.79 Å². The van der Waals surface area contributed by atoms with Gasteiger partial charge in [0.15, 0.2) is 0 Å². The van der Waals surface area contributed by atoms with Gasteiger partial charge in [-0.1, -0.05) is 29.8 Å². The Morgan fingerprint density at radius 2 is 1.42 bits per heavy atom. The summed E-state index contributed by atoms with van der Waals surface area (Å²) in [5.74, 6) is 0.987. The van der Waals surface area contributed by atoms with Crippen molar-refractivity contribution in [3.63, 3.8) is 0 Å². The van der Waals surface area contributed by atoms with Crippen LogP contribution in [0.15, 0.2) is 84.9 Å². The molecule has 1 amide bonds. The van der Waals surface area contributed by atoms with E-state index in [1.54, 1.807) is 24.3 Å². The van der Waals surface area contributed by atoms with Crippen molar-refractivity contribution in [2.45, 2.75) is 6.92 Å². The summed E-state index contributed by atoms with van der Waals surface area (Å²) in [6.07, 6.45) is 0. The van der Waals surface area contributed by atoms with Gasteiger partial charge in [0.25, 0.3) is 5.91 Å². The molecule has 0 atom stereocenters. The SMILES string of the molecule is Cc1cc(Nc2ccccc2)nc(Nc2ccc(NC(=O)c3ccc(Cl)cc3)cc2)n1. The third-order valence-corrected chi connectivity index (χ3v) is 4.66. The smallest absolute Gasteiger partial charge is 0.255 e. The normalized spacial score (nSPS) is 10.4. The second-order valence-corrected chi connectivity index (χ2v) is 7.31. The minimum absolute atomic E-state index is 0.198. The lowest BCUT2D eigenvalue weighted by molar-refractivity contribution is 0.102. The Hall–Kier alpha value is -3.90. The van der Waals surface area contributed by atoms with Crippen LogP contribution in [0.4, 0.5) is 28.8 Å².